The zero-order valence-corrected chi connectivity index (χ0v) is 10.7. The first-order valence-electron chi connectivity index (χ1n) is 6.18. The lowest BCUT2D eigenvalue weighted by atomic mass is 10.2. The Bertz CT molecular complexity index is 396. The largest absolute Gasteiger partial charge is 0.369 e. The third-order valence-electron chi connectivity index (χ3n) is 2.96. The number of nitrogens with one attached hydrogen (secondary N) is 1. The van der Waals surface area contributed by atoms with E-state index < -0.39 is 0 Å². The number of hydrogen-bond donors (Lipinski definition) is 1. The Hall–Kier alpha value is -1.35. The van der Waals surface area contributed by atoms with Crippen LogP contribution in [0, 0.1) is 0 Å². The SMILES string of the molecule is C=C(C)CN(C)c1cnccc1CNC1CC1. The second-order valence-corrected chi connectivity index (χ2v) is 4.97. The van der Waals surface area contributed by atoms with Crippen molar-refractivity contribution in [2.24, 2.45) is 0 Å². The van der Waals surface area contributed by atoms with Gasteiger partial charge in [0.05, 0.1) is 11.9 Å². The lowest BCUT2D eigenvalue weighted by Crippen LogP contribution is -2.23. The van der Waals surface area contributed by atoms with Crippen LogP contribution in [0.5, 0.6) is 0 Å². The van der Waals surface area contributed by atoms with Crippen LogP contribution in [0.4, 0.5) is 5.69 Å². The van der Waals surface area contributed by atoms with Crippen LogP contribution < -0.4 is 10.2 Å². The van der Waals surface area contributed by atoms with Crippen molar-refractivity contribution in [1.82, 2.24) is 10.3 Å². The summed E-state index contributed by atoms with van der Waals surface area (Å²) >= 11 is 0. The normalized spacial score (nSPS) is 14.7. The molecule has 0 bridgehead atoms. The van der Waals surface area contributed by atoms with Crippen molar-refractivity contribution in [3.05, 3.63) is 36.2 Å². The number of anilines is 1. The summed E-state index contributed by atoms with van der Waals surface area (Å²) in [7, 11) is 2.09. The first-order valence-corrected chi connectivity index (χ1v) is 6.18. The molecule has 92 valence electrons. The van der Waals surface area contributed by atoms with Gasteiger partial charge in [0, 0.05) is 32.4 Å². The molecule has 1 aromatic rings. The molecule has 0 unspecified atom stereocenters. The molecular weight excluding hydrogens is 210 g/mol. The Labute approximate surface area is 104 Å². The number of nitrogens with zero attached hydrogens (tertiary/aromatic N) is 2. The number of hydrogen-bond acceptors (Lipinski definition) is 3. The van der Waals surface area contributed by atoms with Gasteiger partial charge < -0.3 is 10.2 Å². The molecule has 0 aliphatic heterocycles. The van der Waals surface area contributed by atoms with Gasteiger partial charge in [-0.1, -0.05) is 12.2 Å². The summed E-state index contributed by atoms with van der Waals surface area (Å²) in [5.74, 6) is 0. The van der Waals surface area contributed by atoms with Crippen molar-refractivity contribution in [2.45, 2.75) is 32.4 Å². The smallest absolute Gasteiger partial charge is 0.0598 e. The Morgan fingerprint density at radius 2 is 2.35 bits per heavy atom. The Kier molecular flexibility index (Phi) is 3.79. The van der Waals surface area contributed by atoms with Gasteiger partial charge in [-0.2, -0.15) is 0 Å². The summed E-state index contributed by atoms with van der Waals surface area (Å²) in [6, 6.07) is 2.84. The van der Waals surface area contributed by atoms with Crippen molar-refractivity contribution in [3.63, 3.8) is 0 Å². The highest BCUT2D eigenvalue weighted by Crippen LogP contribution is 2.22. The minimum absolute atomic E-state index is 0.738. The van der Waals surface area contributed by atoms with E-state index in [-0.39, 0.29) is 0 Å². The van der Waals surface area contributed by atoms with Crippen molar-refractivity contribution in [2.75, 3.05) is 18.5 Å². The molecule has 1 saturated carbocycles. The fourth-order valence-corrected chi connectivity index (χ4v) is 1.94. The predicted octanol–water partition coefficient (Wildman–Crippen LogP) is 2.35. The fraction of sp³-hybridized carbons (Fsp3) is 0.500. The maximum Gasteiger partial charge on any atom is 0.0598 e. The Morgan fingerprint density at radius 1 is 1.59 bits per heavy atom. The van der Waals surface area contributed by atoms with E-state index in [1.54, 1.807) is 0 Å². The maximum atomic E-state index is 4.22. The van der Waals surface area contributed by atoms with Gasteiger partial charge in [-0.15, -0.1) is 0 Å². The van der Waals surface area contributed by atoms with Crippen LogP contribution >= 0.6 is 0 Å². The van der Waals surface area contributed by atoms with Crippen molar-refractivity contribution >= 4 is 5.69 Å². The van der Waals surface area contributed by atoms with E-state index in [2.05, 4.69) is 41.8 Å². The summed E-state index contributed by atoms with van der Waals surface area (Å²) in [5.41, 5.74) is 3.68. The summed E-state index contributed by atoms with van der Waals surface area (Å²) < 4.78 is 0. The molecule has 1 fully saturated rings. The lowest BCUT2D eigenvalue weighted by molar-refractivity contribution is 0.685. The topological polar surface area (TPSA) is 28.2 Å². The van der Waals surface area contributed by atoms with Crippen LogP contribution in [0.2, 0.25) is 0 Å². The molecule has 0 atom stereocenters. The molecule has 3 heteroatoms. The van der Waals surface area contributed by atoms with Crippen LogP contribution in [-0.2, 0) is 6.54 Å². The molecule has 0 saturated heterocycles. The second kappa shape index (κ2) is 5.32. The molecular formula is C14H21N3. The van der Waals surface area contributed by atoms with Crippen LogP contribution in [0.25, 0.3) is 0 Å². The molecule has 1 aliphatic rings. The standard InChI is InChI=1S/C14H21N3/c1-11(2)10-17(3)14-9-15-7-6-12(14)8-16-13-4-5-13/h6-7,9,13,16H,1,4-5,8,10H2,2-3H3. The molecule has 0 aromatic carbocycles. The first-order chi connectivity index (χ1) is 8.16. The number of rotatable bonds is 6. The molecule has 3 nitrogen and oxygen atoms in total. The zero-order chi connectivity index (χ0) is 12.3. The van der Waals surface area contributed by atoms with Gasteiger partial charge in [-0.05, 0) is 31.4 Å². The van der Waals surface area contributed by atoms with E-state index in [4.69, 9.17) is 0 Å². The first kappa shape index (κ1) is 12.1. The average Bonchev–Trinajstić information content (AvgIpc) is 3.09. The van der Waals surface area contributed by atoms with Gasteiger partial charge in [0.25, 0.3) is 0 Å². The summed E-state index contributed by atoms with van der Waals surface area (Å²) in [4.78, 5) is 6.42. The monoisotopic (exact) mass is 231 g/mol. The van der Waals surface area contributed by atoms with E-state index >= 15 is 0 Å². The lowest BCUT2D eigenvalue weighted by Gasteiger charge is -2.22. The van der Waals surface area contributed by atoms with Crippen molar-refractivity contribution in [1.29, 1.82) is 0 Å². The van der Waals surface area contributed by atoms with Gasteiger partial charge >= 0.3 is 0 Å². The second-order valence-electron chi connectivity index (χ2n) is 4.97. The molecule has 1 heterocycles. The summed E-state index contributed by atoms with van der Waals surface area (Å²) in [5, 5.41) is 3.54. The van der Waals surface area contributed by atoms with Crippen LogP contribution in [0.3, 0.4) is 0 Å². The van der Waals surface area contributed by atoms with E-state index in [1.165, 1.54) is 24.1 Å². The van der Waals surface area contributed by atoms with Crippen LogP contribution in [0.15, 0.2) is 30.6 Å². The highest BCUT2D eigenvalue weighted by molar-refractivity contribution is 5.51. The van der Waals surface area contributed by atoms with E-state index in [0.717, 1.165) is 24.7 Å². The van der Waals surface area contributed by atoms with Crippen molar-refractivity contribution in [3.8, 4) is 0 Å². The minimum atomic E-state index is 0.738. The summed E-state index contributed by atoms with van der Waals surface area (Å²) in [6.45, 7) is 7.82. The number of likely N-dealkylation sites (N-methyl/N-ethyl adjacent to an activating group) is 1. The minimum Gasteiger partial charge on any atom is -0.369 e. The maximum absolute atomic E-state index is 4.22. The highest BCUT2D eigenvalue weighted by Gasteiger charge is 2.20. The van der Waals surface area contributed by atoms with E-state index in [1.807, 2.05) is 12.4 Å². The summed E-state index contributed by atoms with van der Waals surface area (Å²) in [6.07, 6.45) is 6.44. The predicted molar refractivity (Wildman–Crippen MR) is 72.2 cm³/mol. The van der Waals surface area contributed by atoms with Crippen molar-refractivity contribution < 1.29 is 0 Å². The highest BCUT2D eigenvalue weighted by atomic mass is 15.1. The third-order valence-corrected chi connectivity index (χ3v) is 2.96. The quantitative estimate of drug-likeness (QED) is 0.762. The fourth-order valence-electron chi connectivity index (χ4n) is 1.94. The van der Waals surface area contributed by atoms with Gasteiger partial charge in [0.1, 0.15) is 0 Å². The van der Waals surface area contributed by atoms with Gasteiger partial charge in [0.15, 0.2) is 0 Å². The van der Waals surface area contributed by atoms with Crippen LogP contribution in [-0.4, -0.2) is 24.6 Å². The number of aromatic nitrogens is 1. The third kappa shape index (κ3) is 3.56. The zero-order valence-electron chi connectivity index (χ0n) is 10.7. The van der Waals surface area contributed by atoms with Gasteiger partial charge in [-0.3, -0.25) is 4.98 Å². The molecule has 2 rings (SSSR count). The molecule has 0 amide bonds. The Balaban J connectivity index is 2.05. The molecule has 1 N–H and O–H groups in total. The molecule has 1 aromatic heterocycles. The van der Waals surface area contributed by atoms with E-state index in [0.29, 0.717) is 0 Å². The molecule has 1 aliphatic carbocycles. The Morgan fingerprint density at radius 3 is 3.00 bits per heavy atom. The molecule has 0 radical (unpaired) electrons. The van der Waals surface area contributed by atoms with Gasteiger partial charge in [-0.25, -0.2) is 0 Å². The number of pyridine rings is 1. The molecule has 0 spiro atoms. The van der Waals surface area contributed by atoms with Crippen LogP contribution in [0.1, 0.15) is 25.3 Å². The van der Waals surface area contributed by atoms with E-state index in [9.17, 15) is 0 Å². The molecule has 17 heavy (non-hydrogen) atoms. The average molecular weight is 231 g/mol. The van der Waals surface area contributed by atoms with Gasteiger partial charge in [0.2, 0.25) is 0 Å².